The highest BCUT2D eigenvalue weighted by Gasteiger charge is 2.12. The minimum absolute atomic E-state index is 0.170. The smallest absolute Gasteiger partial charge is 0.267 e. The molecule has 0 bridgehead atoms. The SMILES string of the molecule is O=C(NCCCN1CCCCCC1)c1cc2c(F)cccc2[nH]1. The molecular weight excluding hydrogens is 293 g/mol. The van der Waals surface area contributed by atoms with E-state index in [9.17, 15) is 9.18 Å². The third-order valence-corrected chi connectivity index (χ3v) is 4.49. The lowest BCUT2D eigenvalue weighted by atomic mass is 10.2. The average Bonchev–Trinajstić information content (AvgIpc) is 2.83. The Balaban J connectivity index is 1.47. The molecule has 0 saturated carbocycles. The number of aromatic amines is 1. The van der Waals surface area contributed by atoms with Crippen LogP contribution in [0.4, 0.5) is 4.39 Å². The van der Waals surface area contributed by atoms with Crippen LogP contribution in [0.25, 0.3) is 10.9 Å². The van der Waals surface area contributed by atoms with Gasteiger partial charge in [-0.25, -0.2) is 4.39 Å². The Morgan fingerprint density at radius 3 is 2.74 bits per heavy atom. The van der Waals surface area contributed by atoms with E-state index in [0.717, 1.165) is 13.0 Å². The first kappa shape index (κ1) is 16.0. The Bertz CT molecular complexity index is 659. The molecule has 1 aliphatic rings. The molecule has 23 heavy (non-hydrogen) atoms. The summed E-state index contributed by atoms with van der Waals surface area (Å²) in [4.78, 5) is 17.6. The molecular formula is C18H24FN3O. The van der Waals surface area contributed by atoms with Gasteiger partial charge in [0.2, 0.25) is 0 Å². The first-order valence-electron chi connectivity index (χ1n) is 8.52. The van der Waals surface area contributed by atoms with Crippen LogP contribution in [0, 0.1) is 5.82 Å². The zero-order valence-corrected chi connectivity index (χ0v) is 13.4. The molecule has 0 atom stereocenters. The van der Waals surface area contributed by atoms with Gasteiger partial charge >= 0.3 is 0 Å². The highest BCUT2D eigenvalue weighted by Crippen LogP contribution is 2.18. The number of rotatable bonds is 5. The largest absolute Gasteiger partial charge is 0.351 e. The van der Waals surface area contributed by atoms with Crippen LogP contribution in [0.2, 0.25) is 0 Å². The normalized spacial score (nSPS) is 16.4. The summed E-state index contributed by atoms with van der Waals surface area (Å²) in [7, 11) is 0. The molecule has 0 unspecified atom stereocenters. The fraction of sp³-hybridized carbons (Fsp3) is 0.500. The number of nitrogens with one attached hydrogen (secondary N) is 2. The molecule has 124 valence electrons. The third kappa shape index (κ3) is 4.10. The second kappa shape index (κ2) is 7.59. The highest BCUT2D eigenvalue weighted by molar-refractivity contribution is 5.98. The zero-order valence-electron chi connectivity index (χ0n) is 13.4. The number of halogens is 1. The van der Waals surface area contributed by atoms with Crippen LogP contribution >= 0.6 is 0 Å². The van der Waals surface area contributed by atoms with E-state index >= 15 is 0 Å². The molecule has 1 aromatic carbocycles. The van der Waals surface area contributed by atoms with Crippen molar-refractivity contribution in [3.8, 4) is 0 Å². The van der Waals surface area contributed by atoms with Gasteiger partial charge in [-0.15, -0.1) is 0 Å². The van der Waals surface area contributed by atoms with Gasteiger partial charge in [0.05, 0.1) is 0 Å². The van der Waals surface area contributed by atoms with Crippen molar-refractivity contribution in [2.75, 3.05) is 26.2 Å². The number of likely N-dealkylation sites (tertiary alicyclic amines) is 1. The summed E-state index contributed by atoms with van der Waals surface area (Å²) >= 11 is 0. The van der Waals surface area contributed by atoms with Crippen molar-refractivity contribution in [1.82, 2.24) is 15.2 Å². The Morgan fingerprint density at radius 1 is 1.22 bits per heavy atom. The lowest BCUT2D eigenvalue weighted by Crippen LogP contribution is -2.30. The van der Waals surface area contributed by atoms with Crippen molar-refractivity contribution in [2.24, 2.45) is 0 Å². The molecule has 1 fully saturated rings. The predicted molar refractivity (Wildman–Crippen MR) is 90.1 cm³/mol. The van der Waals surface area contributed by atoms with Crippen LogP contribution in [-0.2, 0) is 0 Å². The van der Waals surface area contributed by atoms with Gasteiger partial charge in [0.25, 0.3) is 5.91 Å². The summed E-state index contributed by atoms with van der Waals surface area (Å²) in [5.41, 5.74) is 1.07. The van der Waals surface area contributed by atoms with Crippen molar-refractivity contribution < 1.29 is 9.18 Å². The standard InChI is InChI=1S/C18H24FN3O/c19-15-7-5-8-16-14(15)13-17(21-16)18(23)20-9-6-12-22-10-3-1-2-4-11-22/h5,7-8,13,21H,1-4,6,9-12H2,(H,20,23). The summed E-state index contributed by atoms with van der Waals surface area (Å²) in [6, 6.07) is 6.39. The number of amides is 1. The number of carbonyl (C=O) groups excluding carboxylic acids is 1. The maximum atomic E-state index is 13.7. The fourth-order valence-corrected chi connectivity index (χ4v) is 3.20. The van der Waals surface area contributed by atoms with Gasteiger partial charge in [-0.1, -0.05) is 18.9 Å². The van der Waals surface area contributed by atoms with Gasteiger partial charge in [-0.05, 0) is 57.1 Å². The van der Waals surface area contributed by atoms with E-state index < -0.39 is 0 Å². The summed E-state index contributed by atoms with van der Waals surface area (Å²) < 4.78 is 13.7. The first-order valence-corrected chi connectivity index (χ1v) is 8.52. The van der Waals surface area contributed by atoms with E-state index in [2.05, 4.69) is 15.2 Å². The Kier molecular flexibility index (Phi) is 5.28. The average molecular weight is 317 g/mol. The fourth-order valence-electron chi connectivity index (χ4n) is 3.20. The Labute approximate surface area is 136 Å². The number of benzene rings is 1. The monoisotopic (exact) mass is 317 g/mol. The molecule has 4 nitrogen and oxygen atoms in total. The molecule has 0 spiro atoms. The van der Waals surface area contributed by atoms with Crippen LogP contribution in [-0.4, -0.2) is 42.0 Å². The number of hydrogen-bond donors (Lipinski definition) is 2. The van der Waals surface area contributed by atoms with E-state index in [-0.39, 0.29) is 11.7 Å². The lowest BCUT2D eigenvalue weighted by Gasteiger charge is -2.19. The number of nitrogens with zero attached hydrogens (tertiary/aromatic N) is 1. The van der Waals surface area contributed by atoms with E-state index in [0.29, 0.717) is 23.1 Å². The van der Waals surface area contributed by atoms with Crippen LogP contribution in [0.5, 0.6) is 0 Å². The number of H-pyrrole nitrogens is 1. The summed E-state index contributed by atoms with van der Waals surface area (Å²) in [5.74, 6) is -0.476. The van der Waals surface area contributed by atoms with Gasteiger partial charge in [0, 0.05) is 17.4 Å². The zero-order chi connectivity index (χ0) is 16.1. The van der Waals surface area contributed by atoms with Gasteiger partial charge < -0.3 is 15.2 Å². The van der Waals surface area contributed by atoms with Gasteiger partial charge in [-0.3, -0.25) is 4.79 Å². The van der Waals surface area contributed by atoms with E-state index in [1.165, 1.54) is 44.8 Å². The number of hydrogen-bond acceptors (Lipinski definition) is 2. The van der Waals surface area contributed by atoms with E-state index in [1.807, 2.05) is 0 Å². The quantitative estimate of drug-likeness (QED) is 0.831. The summed E-state index contributed by atoms with van der Waals surface area (Å²) in [6.45, 7) is 4.03. The molecule has 2 aromatic rings. The van der Waals surface area contributed by atoms with Crippen molar-refractivity contribution in [3.05, 3.63) is 35.8 Å². The summed E-state index contributed by atoms with van der Waals surface area (Å²) in [6.07, 6.45) is 6.19. The lowest BCUT2D eigenvalue weighted by molar-refractivity contribution is 0.0947. The van der Waals surface area contributed by atoms with Crippen LogP contribution < -0.4 is 5.32 Å². The van der Waals surface area contributed by atoms with E-state index in [4.69, 9.17) is 0 Å². The molecule has 2 heterocycles. The van der Waals surface area contributed by atoms with Crippen LogP contribution in [0.1, 0.15) is 42.6 Å². The molecule has 1 aliphatic heterocycles. The molecule has 3 rings (SSSR count). The minimum Gasteiger partial charge on any atom is -0.351 e. The number of carbonyl (C=O) groups is 1. The topological polar surface area (TPSA) is 48.1 Å². The van der Waals surface area contributed by atoms with Crippen molar-refractivity contribution in [1.29, 1.82) is 0 Å². The van der Waals surface area contributed by atoms with Gasteiger partial charge in [0.1, 0.15) is 11.5 Å². The molecule has 0 aliphatic carbocycles. The maximum absolute atomic E-state index is 13.7. The molecule has 0 radical (unpaired) electrons. The van der Waals surface area contributed by atoms with E-state index in [1.54, 1.807) is 18.2 Å². The molecule has 1 amide bonds. The number of fused-ring (bicyclic) bond motifs is 1. The molecule has 1 saturated heterocycles. The third-order valence-electron chi connectivity index (χ3n) is 4.49. The van der Waals surface area contributed by atoms with Gasteiger partial charge in [-0.2, -0.15) is 0 Å². The minimum atomic E-state index is -0.307. The second-order valence-electron chi connectivity index (χ2n) is 6.25. The first-order chi connectivity index (χ1) is 11.2. The van der Waals surface area contributed by atoms with Crippen LogP contribution in [0.15, 0.2) is 24.3 Å². The van der Waals surface area contributed by atoms with Gasteiger partial charge in [0.15, 0.2) is 0 Å². The number of aromatic nitrogens is 1. The molecule has 2 N–H and O–H groups in total. The van der Waals surface area contributed by atoms with Crippen molar-refractivity contribution in [3.63, 3.8) is 0 Å². The Hall–Kier alpha value is -1.88. The van der Waals surface area contributed by atoms with Crippen molar-refractivity contribution >= 4 is 16.8 Å². The second-order valence-corrected chi connectivity index (χ2v) is 6.25. The molecule has 1 aromatic heterocycles. The van der Waals surface area contributed by atoms with Crippen molar-refractivity contribution in [2.45, 2.75) is 32.1 Å². The highest BCUT2D eigenvalue weighted by atomic mass is 19.1. The predicted octanol–water partition coefficient (Wildman–Crippen LogP) is 3.30. The molecule has 5 heteroatoms. The Morgan fingerprint density at radius 2 is 2.00 bits per heavy atom. The maximum Gasteiger partial charge on any atom is 0.267 e. The van der Waals surface area contributed by atoms with Crippen LogP contribution in [0.3, 0.4) is 0 Å². The summed E-state index contributed by atoms with van der Waals surface area (Å²) in [5, 5.41) is 3.38.